The number of halogens is 2. The fraction of sp³-hybridized carbons (Fsp3) is 0.286. The molecule has 0 saturated heterocycles. The summed E-state index contributed by atoms with van der Waals surface area (Å²) in [6, 6.07) is 9.77. The minimum absolute atomic E-state index is 0.167. The number of carbonyl (C=O) groups excluding carboxylic acids is 1. The van der Waals surface area contributed by atoms with Crippen LogP contribution in [0.1, 0.15) is 12.0 Å². The van der Waals surface area contributed by atoms with Crippen LogP contribution in [-0.4, -0.2) is 20.4 Å². The number of thioether (sulfide) groups is 2. The van der Waals surface area contributed by atoms with Gasteiger partial charge in [-0.3, -0.25) is 4.79 Å². The van der Waals surface area contributed by atoms with Gasteiger partial charge in [0.25, 0.3) is 5.91 Å². The van der Waals surface area contributed by atoms with Crippen molar-refractivity contribution in [1.29, 1.82) is 0 Å². The first-order valence-electron chi connectivity index (χ1n) is 6.13. The van der Waals surface area contributed by atoms with E-state index in [1.807, 2.05) is 36.4 Å². The van der Waals surface area contributed by atoms with Crippen molar-refractivity contribution in [3.8, 4) is 0 Å². The van der Waals surface area contributed by atoms with Gasteiger partial charge in [-0.1, -0.05) is 53.9 Å². The number of nitrogens with zero attached hydrogens (tertiary/aromatic N) is 1. The highest BCUT2D eigenvalue weighted by atomic mass is 35.5. The first-order valence-corrected chi connectivity index (χ1v) is 8.69. The van der Waals surface area contributed by atoms with Gasteiger partial charge in [-0.25, -0.2) is 0 Å². The predicted octanol–water partition coefficient (Wildman–Crippen LogP) is 4.58. The van der Waals surface area contributed by atoms with Crippen LogP contribution in [0.15, 0.2) is 40.2 Å². The summed E-state index contributed by atoms with van der Waals surface area (Å²) in [5, 5.41) is 0. The molecule has 1 aliphatic heterocycles. The van der Waals surface area contributed by atoms with Crippen LogP contribution in [0, 0.1) is 5.92 Å². The Labute approximate surface area is 136 Å². The van der Waals surface area contributed by atoms with Crippen molar-refractivity contribution in [3.63, 3.8) is 0 Å². The molecule has 0 spiro atoms. The van der Waals surface area contributed by atoms with Gasteiger partial charge in [-0.05, 0) is 18.1 Å². The van der Waals surface area contributed by atoms with Crippen molar-refractivity contribution >= 4 is 63.1 Å². The maximum atomic E-state index is 11.8. The van der Waals surface area contributed by atoms with Gasteiger partial charge in [0.05, 0.1) is 4.91 Å². The summed E-state index contributed by atoms with van der Waals surface area (Å²) in [6.45, 7) is 0. The minimum Gasteiger partial charge on any atom is -0.266 e. The third kappa shape index (κ3) is 3.42. The third-order valence-corrected chi connectivity index (χ3v) is 6.28. The van der Waals surface area contributed by atoms with Crippen molar-refractivity contribution in [2.45, 2.75) is 10.8 Å². The Morgan fingerprint density at radius 1 is 1.40 bits per heavy atom. The van der Waals surface area contributed by atoms with E-state index in [2.05, 4.69) is 4.99 Å². The fourth-order valence-corrected chi connectivity index (χ4v) is 4.73. The molecule has 0 unspecified atom stereocenters. The van der Waals surface area contributed by atoms with Crippen LogP contribution in [0.5, 0.6) is 0 Å². The van der Waals surface area contributed by atoms with E-state index in [-0.39, 0.29) is 5.91 Å². The number of alkyl halides is 2. The minimum atomic E-state index is -0.566. The Balaban J connectivity index is 1.60. The standard InChI is InChI=1S/C14H11Cl2NOS2/c15-14(16)7-10(14)8-19-13-17-12(18)11(20-13)6-9-4-2-1-3-5-9/h1-6,10H,7-8H2/b11-6-/t10-/m0/s1. The Morgan fingerprint density at radius 3 is 2.75 bits per heavy atom. The fourth-order valence-electron chi connectivity index (χ4n) is 1.77. The van der Waals surface area contributed by atoms with E-state index in [0.29, 0.717) is 10.8 Å². The molecular formula is C14H11Cl2NOS2. The Hall–Kier alpha value is -0.420. The van der Waals surface area contributed by atoms with Crippen LogP contribution in [0.3, 0.4) is 0 Å². The van der Waals surface area contributed by atoms with Crippen molar-refractivity contribution in [2.75, 3.05) is 5.75 Å². The molecule has 20 heavy (non-hydrogen) atoms. The average Bonchev–Trinajstić information content (AvgIpc) is 2.88. The molecule has 3 rings (SSSR count). The maximum Gasteiger partial charge on any atom is 0.285 e. The number of aliphatic imine (C=N–C) groups is 1. The van der Waals surface area contributed by atoms with E-state index in [0.717, 1.165) is 22.1 Å². The number of hydrogen-bond donors (Lipinski definition) is 0. The van der Waals surface area contributed by atoms with Gasteiger partial charge in [0.1, 0.15) is 8.71 Å². The second-order valence-corrected chi connectivity index (χ2v) is 8.52. The molecule has 1 aromatic rings. The van der Waals surface area contributed by atoms with Gasteiger partial charge in [-0.15, -0.1) is 23.2 Å². The van der Waals surface area contributed by atoms with Crippen molar-refractivity contribution in [2.24, 2.45) is 10.9 Å². The number of rotatable bonds is 3. The first-order chi connectivity index (χ1) is 9.54. The molecule has 1 fully saturated rings. The first kappa shape index (κ1) is 14.5. The van der Waals surface area contributed by atoms with E-state index in [1.165, 1.54) is 11.8 Å². The monoisotopic (exact) mass is 343 g/mol. The molecule has 1 amide bonds. The van der Waals surface area contributed by atoms with Crippen LogP contribution in [-0.2, 0) is 4.79 Å². The van der Waals surface area contributed by atoms with Gasteiger partial charge in [0.15, 0.2) is 0 Å². The number of carbonyl (C=O) groups is 1. The van der Waals surface area contributed by atoms with Crippen LogP contribution in [0.4, 0.5) is 0 Å². The highest BCUT2D eigenvalue weighted by Gasteiger charge is 2.51. The maximum absolute atomic E-state index is 11.8. The van der Waals surface area contributed by atoms with Crippen LogP contribution < -0.4 is 0 Å². The van der Waals surface area contributed by atoms with Crippen LogP contribution in [0.25, 0.3) is 6.08 Å². The van der Waals surface area contributed by atoms with E-state index in [4.69, 9.17) is 23.2 Å². The zero-order valence-electron chi connectivity index (χ0n) is 10.4. The van der Waals surface area contributed by atoms with Gasteiger partial charge < -0.3 is 0 Å². The molecule has 0 bridgehead atoms. The second kappa shape index (κ2) is 5.76. The molecule has 6 heteroatoms. The van der Waals surface area contributed by atoms with Gasteiger partial charge in [0.2, 0.25) is 0 Å². The highest BCUT2D eigenvalue weighted by molar-refractivity contribution is 8.41. The van der Waals surface area contributed by atoms with Crippen LogP contribution >= 0.6 is 46.7 Å². The molecule has 1 atom stereocenters. The molecule has 1 aromatic carbocycles. The molecule has 2 aliphatic rings. The summed E-state index contributed by atoms with van der Waals surface area (Å²) in [6.07, 6.45) is 2.69. The van der Waals surface area contributed by atoms with Gasteiger partial charge in [0, 0.05) is 11.7 Å². The van der Waals surface area contributed by atoms with Crippen LogP contribution in [0.2, 0.25) is 0 Å². The molecule has 0 N–H and O–H groups in total. The Morgan fingerprint density at radius 2 is 2.10 bits per heavy atom. The van der Waals surface area contributed by atoms with Gasteiger partial charge in [-0.2, -0.15) is 4.99 Å². The second-order valence-electron chi connectivity index (χ2n) is 4.68. The number of hydrogen-bond acceptors (Lipinski definition) is 3. The number of benzene rings is 1. The lowest BCUT2D eigenvalue weighted by atomic mass is 10.2. The highest BCUT2D eigenvalue weighted by Crippen LogP contribution is 2.54. The summed E-state index contributed by atoms with van der Waals surface area (Å²) >= 11 is 14.9. The lowest BCUT2D eigenvalue weighted by molar-refractivity contribution is -0.113. The smallest absolute Gasteiger partial charge is 0.266 e. The summed E-state index contributed by atoms with van der Waals surface area (Å²) < 4.78 is 0.219. The summed E-state index contributed by atoms with van der Waals surface area (Å²) in [7, 11) is 0. The molecule has 1 aliphatic carbocycles. The molecule has 1 heterocycles. The predicted molar refractivity (Wildman–Crippen MR) is 89.5 cm³/mol. The normalized spacial score (nSPS) is 25.9. The average molecular weight is 344 g/mol. The van der Waals surface area contributed by atoms with Crippen molar-refractivity contribution in [1.82, 2.24) is 0 Å². The number of amides is 1. The third-order valence-electron chi connectivity index (χ3n) is 3.06. The SMILES string of the molecule is O=C1N=C(SC[C@@H]2CC2(Cl)Cl)S/C1=C\c1ccccc1. The van der Waals surface area contributed by atoms with E-state index in [1.54, 1.807) is 11.8 Å². The molecule has 104 valence electrons. The van der Waals surface area contributed by atoms with Crippen molar-refractivity contribution in [3.05, 3.63) is 40.8 Å². The largest absolute Gasteiger partial charge is 0.285 e. The molecule has 1 saturated carbocycles. The molecule has 2 nitrogen and oxygen atoms in total. The molecular weight excluding hydrogens is 333 g/mol. The Kier molecular flexibility index (Phi) is 4.18. The zero-order chi connectivity index (χ0) is 14.2. The topological polar surface area (TPSA) is 29.4 Å². The summed E-state index contributed by atoms with van der Waals surface area (Å²) in [4.78, 5) is 16.6. The molecule has 0 aromatic heterocycles. The lowest BCUT2D eigenvalue weighted by Crippen LogP contribution is -1.94. The van der Waals surface area contributed by atoms with Crippen molar-refractivity contribution < 1.29 is 4.79 Å². The van der Waals surface area contributed by atoms with E-state index in [9.17, 15) is 4.79 Å². The lowest BCUT2D eigenvalue weighted by Gasteiger charge is -1.99. The summed E-state index contributed by atoms with van der Waals surface area (Å²) in [5.74, 6) is 0.946. The molecule has 0 radical (unpaired) electrons. The quantitative estimate of drug-likeness (QED) is 0.594. The summed E-state index contributed by atoms with van der Waals surface area (Å²) in [5.41, 5.74) is 1.01. The van der Waals surface area contributed by atoms with E-state index < -0.39 is 4.33 Å². The van der Waals surface area contributed by atoms with Gasteiger partial charge >= 0.3 is 0 Å². The van der Waals surface area contributed by atoms with E-state index >= 15 is 0 Å². The zero-order valence-corrected chi connectivity index (χ0v) is 13.5. The Bertz CT molecular complexity index is 598.